The van der Waals surface area contributed by atoms with E-state index < -0.39 is 31.0 Å². The molecule has 8 heteroatoms. The minimum atomic E-state index is -3.77. The SMILES string of the molecule is Cc1ccc(C(CN[C@H]2CS(=O)(=O)C[C@@H]2S(=O)(=O)c2ccc(C)cc2)N2CCCCC2)cc1. The van der Waals surface area contributed by atoms with Gasteiger partial charge in [-0.15, -0.1) is 0 Å². The molecule has 2 fully saturated rings. The third-order valence-corrected chi connectivity index (χ3v) is 11.1. The first-order chi connectivity index (χ1) is 15.7. The number of rotatable bonds is 7. The van der Waals surface area contributed by atoms with Crippen LogP contribution in [-0.2, 0) is 19.7 Å². The third kappa shape index (κ3) is 5.67. The summed E-state index contributed by atoms with van der Waals surface area (Å²) in [4.78, 5) is 2.63. The maximum absolute atomic E-state index is 13.4. The lowest BCUT2D eigenvalue weighted by atomic mass is 10.00. The fraction of sp³-hybridized carbons (Fsp3) is 0.520. The van der Waals surface area contributed by atoms with Crippen LogP contribution in [0, 0.1) is 13.8 Å². The Labute approximate surface area is 198 Å². The summed E-state index contributed by atoms with van der Waals surface area (Å²) in [6.45, 7) is 6.46. The molecule has 2 aliphatic rings. The first-order valence-electron chi connectivity index (χ1n) is 11.7. The van der Waals surface area contributed by atoms with Crippen molar-refractivity contribution in [3.8, 4) is 0 Å². The van der Waals surface area contributed by atoms with Crippen molar-refractivity contribution >= 4 is 19.7 Å². The molecule has 0 saturated carbocycles. The highest BCUT2D eigenvalue weighted by atomic mass is 32.2. The normalized spacial score (nSPS) is 24.5. The molecule has 0 bridgehead atoms. The van der Waals surface area contributed by atoms with E-state index in [1.165, 1.54) is 17.5 Å². The molecule has 2 heterocycles. The van der Waals surface area contributed by atoms with Gasteiger partial charge in [-0.2, -0.15) is 0 Å². The van der Waals surface area contributed by atoms with Gasteiger partial charge in [0.1, 0.15) is 0 Å². The molecule has 0 spiro atoms. The van der Waals surface area contributed by atoms with Crippen molar-refractivity contribution in [2.75, 3.05) is 31.1 Å². The van der Waals surface area contributed by atoms with Crippen molar-refractivity contribution in [2.45, 2.75) is 55.3 Å². The zero-order valence-corrected chi connectivity index (χ0v) is 21.0. The smallest absolute Gasteiger partial charge is 0.183 e. The summed E-state index contributed by atoms with van der Waals surface area (Å²) in [6, 6.07) is 14.6. The van der Waals surface area contributed by atoms with E-state index >= 15 is 0 Å². The molecule has 0 radical (unpaired) electrons. The molecular formula is C25H34N2O4S2. The molecule has 2 aromatic carbocycles. The van der Waals surface area contributed by atoms with Gasteiger partial charge in [-0.1, -0.05) is 53.9 Å². The molecule has 3 atom stereocenters. The van der Waals surface area contributed by atoms with Gasteiger partial charge in [0.25, 0.3) is 0 Å². The Morgan fingerprint density at radius 2 is 1.48 bits per heavy atom. The largest absolute Gasteiger partial charge is 0.310 e. The van der Waals surface area contributed by atoms with Crippen molar-refractivity contribution in [3.05, 3.63) is 65.2 Å². The van der Waals surface area contributed by atoms with Crippen LogP contribution in [-0.4, -0.2) is 64.2 Å². The second kappa shape index (κ2) is 9.86. The van der Waals surface area contributed by atoms with Crippen LogP contribution in [0.3, 0.4) is 0 Å². The van der Waals surface area contributed by atoms with E-state index in [-0.39, 0.29) is 22.4 Å². The summed E-state index contributed by atoms with van der Waals surface area (Å²) in [6.07, 6.45) is 3.51. The summed E-state index contributed by atoms with van der Waals surface area (Å²) < 4.78 is 51.8. The topological polar surface area (TPSA) is 83.5 Å². The highest BCUT2D eigenvalue weighted by Gasteiger charge is 2.46. The number of piperidine rings is 1. The van der Waals surface area contributed by atoms with E-state index in [2.05, 4.69) is 41.4 Å². The molecule has 1 N–H and O–H groups in total. The van der Waals surface area contributed by atoms with Crippen molar-refractivity contribution in [3.63, 3.8) is 0 Å². The van der Waals surface area contributed by atoms with Crippen molar-refractivity contribution in [1.29, 1.82) is 0 Å². The van der Waals surface area contributed by atoms with E-state index in [4.69, 9.17) is 0 Å². The molecule has 6 nitrogen and oxygen atoms in total. The van der Waals surface area contributed by atoms with Gasteiger partial charge in [0.2, 0.25) is 0 Å². The van der Waals surface area contributed by atoms with Crippen LogP contribution in [0.25, 0.3) is 0 Å². The number of benzene rings is 2. The maximum Gasteiger partial charge on any atom is 0.183 e. The van der Waals surface area contributed by atoms with Crippen LogP contribution < -0.4 is 5.32 Å². The Morgan fingerprint density at radius 1 is 0.909 bits per heavy atom. The highest BCUT2D eigenvalue weighted by molar-refractivity contribution is 7.96. The number of hydrogen-bond acceptors (Lipinski definition) is 6. The predicted octanol–water partition coefficient (Wildman–Crippen LogP) is 3.06. The first-order valence-corrected chi connectivity index (χ1v) is 15.1. The Kier molecular flexibility index (Phi) is 7.29. The van der Waals surface area contributed by atoms with Crippen LogP contribution >= 0.6 is 0 Å². The lowest BCUT2D eigenvalue weighted by molar-refractivity contribution is 0.158. The zero-order valence-electron chi connectivity index (χ0n) is 19.4. The van der Waals surface area contributed by atoms with Gasteiger partial charge in [-0.25, -0.2) is 16.8 Å². The van der Waals surface area contributed by atoms with Gasteiger partial charge in [0, 0.05) is 18.6 Å². The highest BCUT2D eigenvalue weighted by Crippen LogP contribution is 2.29. The quantitative estimate of drug-likeness (QED) is 0.642. The van der Waals surface area contributed by atoms with E-state index in [0.717, 1.165) is 31.5 Å². The van der Waals surface area contributed by atoms with Crippen molar-refractivity contribution in [2.24, 2.45) is 0 Å². The minimum absolute atomic E-state index is 0.0805. The Bertz CT molecular complexity index is 1150. The molecular weight excluding hydrogens is 456 g/mol. The van der Waals surface area contributed by atoms with E-state index in [1.54, 1.807) is 24.3 Å². The number of hydrogen-bond donors (Lipinski definition) is 1. The first kappa shape index (κ1) is 24.4. The molecule has 33 heavy (non-hydrogen) atoms. The maximum atomic E-state index is 13.4. The van der Waals surface area contributed by atoms with Crippen LogP contribution in [0.15, 0.2) is 53.4 Å². The molecule has 180 valence electrons. The predicted molar refractivity (Wildman–Crippen MR) is 132 cm³/mol. The average molecular weight is 491 g/mol. The number of likely N-dealkylation sites (tertiary alicyclic amines) is 1. The number of nitrogens with one attached hydrogen (secondary N) is 1. The van der Waals surface area contributed by atoms with Crippen LogP contribution in [0.2, 0.25) is 0 Å². The summed E-state index contributed by atoms with van der Waals surface area (Å²) in [5.74, 6) is -0.483. The Balaban J connectivity index is 1.57. The van der Waals surface area contributed by atoms with Gasteiger partial charge in [0.05, 0.1) is 21.7 Å². The van der Waals surface area contributed by atoms with Crippen LogP contribution in [0.4, 0.5) is 0 Å². The third-order valence-electron chi connectivity index (χ3n) is 6.92. The summed E-state index contributed by atoms with van der Waals surface area (Å²) >= 11 is 0. The molecule has 0 aromatic heterocycles. The standard InChI is InChI=1S/C25H34N2O4S2/c1-19-6-10-21(11-7-19)24(27-14-4-3-5-15-27)16-26-23-17-32(28,29)18-25(23)33(30,31)22-12-8-20(2)9-13-22/h6-13,23-26H,3-5,14-18H2,1-2H3/t23-,24?,25-/m0/s1. The summed E-state index contributed by atoms with van der Waals surface area (Å²) in [5.41, 5.74) is 3.33. The van der Waals surface area contributed by atoms with E-state index in [0.29, 0.717) is 6.54 Å². The monoisotopic (exact) mass is 490 g/mol. The molecule has 2 saturated heterocycles. The minimum Gasteiger partial charge on any atom is -0.310 e. The van der Waals surface area contributed by atoms with Crippen molar-refractivity contribution < 1.29 is 16.8 Å². The number of aryl methyl sites for hydroxylation is 2. The molecule has 0 amide bonds. The second-order valence-corrected chi connectivity index (χ2v) is 13.8. The van der Waals surface area contributed by atoms with Crippen LogP contribution in [0.5, 0.6) is 0 Å². The average Bonchev–Trinajstić information content (AvgIpc) is 3.11. The Hall–Kier alpha value is -1.74. The number of nitrogens with zero attached hydrogens (tertiary/aromatic N) is 1. The molecule has 2 aromatic rings. The second-order valence-electron chi connectivity index (χ2n) is 9.51. The molecule has 1 unspecified atom stereocenters. The van der Waals surface area contributed by atoms with Gasteiger partial charge >= 0.3 is 0 Å². The molecule has 0 aliphatic carbocycles. The fourth-order valence-electron chi connectivity index (χ4n) is 4.95. The van der Waals surface area contributed by atoms with Crippen LogP contribution in [0.1, 0.15) is 42.0 Å². The van der Waals surface area contributed by atoms with Gasteiger partial charge in [-0.05, 0) is 57.5 Å². The summed E-state index contributed by atoms with van der Waals surface area (Å²) in [7, 11) is -7.22. The lowest BCUT2D eigenvalue weighted by Gasteiger charge is -2.36. The van der Waals surface area contributed by atoms with E-state index in [1.807, 2.05) is 6.92 Å². The van der Waals surface area contributed by atoms with Gasteiger partial charge in [0.15, 0.2) is 19.7 Å². The number of sulfone groups is 2. The fourth-order valence-corrected chi connectivity index (χ4v) is 9.67. The molecule has 2 aliphatic heterocycles. The Morgan fingerprint density at radius 3 is 2.09 bits per heavy atom. The van der Waals surface area contributed by atoms with Gasteiger partial charge < -0.3 is 5.32 Å². The zero-order chi connectivity index (χ0) is 23.6. The van der Waals surface area contributed by atoms with Gasteiger partial charge in [-0.3, -0.25) is 4.90 Å². The lowest BCUT2D eigenvalue weighted by Crippen LogP contribution is -2.47. The summed E-state index contributed by atoms with van der Waals surface area (Å²) in [5, 5.41) is 2.40. The molecule has 4 rings (SSSR count). The van der Waals surface area contributed by atoms with E-state index in [9.17, 15) is 16.8 Å². The van der Waals surface area contributed by atoms with Crippen molar-refractivity contribution in [1.82, 2.24) is 10.2 Å².